The minimum atomic E-state index is -0.641. The van der Waals surface area contributed by atoms with Crippen LogP contribution in [-0.2, 0) is 24.3 Å². The Bertz CT molecular complexity index is 1650. The van der Waals surface area contributed by atoms with Crippen LogP contribution in [0.5, 0.6) is 0 Å². The number of aryl methyl sites for hydroxylation is 1. The average molecular weight is 495 g/mol. The fourth-order valence-corrected chi connectivity index (χ4v) is 5.03. The van der Waals surface area contributed by atoms with E-state index in [0.29, 0.717) is 18.5 Å². The van der Waals surface area contributed by atoms with Crippen LogP contribution in [0.25, 0.3) is 21.9 Å². The second-order valence-corrected chi connectivity index (χ2v) is 9.24. The molecule has 1 aliphatic rings. The zero-order chi connectivity index (χ0) is 25.5. The number of hydrogen-bond donors (Lipinski definition) is 3. The van der Waals surface area contributed by atoms with Crippen molar-refractivity contribution in [1.82, 2.24) is 25.2 Å². The molecule has 0 saturated carbocycles. The molecule has 5 aromatic rings. The van der Waals surface area contributed by atoms with Crippen LogP contribution in [0, 0.1) is 6.92 Å². The molecule has 3 N–H and O–H groups in total. The SMILES string of the molecule is CNC(=O)[C@H]1Cc2c([nH]c3ccccc23)CN1C(=O)c1occc1CNc1ccc2nc(C)cnc2c1. The summed E-state index contributed by atoms with van der Waals surface area (Å²) in [6, 6.07) is 14.9. The number of nitrogens with zero attached hydrogens (tertiary/aromatic N) is 3. The molecule has 0 bridgehead atoms. The summed E-state index contributed by atoms with van der Waals surface area (Å²) in [6.45, 7) is 2.57. The monoisotopic (exact) mass is 494 g/mol. The van der Waals surface area contributed by atoms with Crippen molar-refractivity contribution in [3.8, 4) is 0 Å². The maximum Gasteiger partial charge on any atom is 0.290 e. The molecule has 0 spiro atoms. The first-order valence-corrected chi connectivity index (χ1v) is 12.2. The molecule has 1 aliphatic heterocycles. The van der Waals surface area contributed by atoms with Crippen molar-refractivity contribution >= 4 is 39.4 Å². The van der Waals surface area contributed by atoms with Crippen LogP contribution >= 0.6 is 0 Å². The first-order valence-electron chi connectivity index (χ1n) is 12.2. The molecule has 0 aliphatic carbocycles. The number of aromatic nitrogens is 3. The molecular weight excluding hydrogens is 468 g/mol. The number of para-hydroxylation sites is 1. The van der Waals surface area contributed by atoms with Crippen molar-refractivity contribution in [1.29, 1.82) is 0 Å². The van der Waals surface area contributed by atoms with Crippen molar-refractivity contribution < 1.29 is 14.0 Å². The van der Waals surface area contributed by atoms with Crippen molar-refractivity contribution in [2.24, 2.45) is 0 Å². The van der Waals surface area contributed by atoms with Gasteiger partial charge in [0.1, 0.15) is 6.04 Å². The molecule has 37 heavy (non-hydrogen) atoms. The zero-order valence-electron chi connectivity index (χ0n) is 20.5. The van der Waals surface area contributed by atoms with E-state index in [1.54, 1.807) is 24.2 Å². The summed E-state index contributed by atoms with van der Waals surface area (Å²) in [5, 5.41) is 7.14. The van der Waals surface area contributed by atoms with Gasteiger partial charge >= 0.3 is 0 Å². The molecule has 4 heterocycles. The number of amides is 2. The maximum absolute atomic E-state index is 13.7. The van der Waals surface area contributed by atoms with E-state index in [2.05, 4.69) is 25.6 Å². The van der Waals surface area contributed by atoms with Gasteiger partial charge < -0.3 is 24.9 Å². The number of rotatable bonds is 5. The van der Waals surface area contributed by atoms with Crippen LogP contribution in [0.1, 0.15) is 33.1 Å². The van der Waals surface area contributed by atoms with Crippen LogP contribution in [0.4, 0.5) is 5.69 Å². The van der Waals surface area contributed by atoms with Gasteiger partial charge in [0.05, 0.1) is 29.5 Å². The molecule has 6 rings (SSSR count). The third-order valence-electron chi connectivity index (χ3n) is 6.90. The smallest absolute Gasteiger partial charge is 0.290 e. The van der Waals surface area contributed by atoms with E-state index < -0.39 is 6.04 Å². The van der Waals surface area contributed by atoms with Gasteiger partial charge in [-0.05, 0) is 42.8 Å². The number of anilines is 1. The average Bonchev–Trinajstić information content (AvgIpc) is 3.54. The highest BCUT2D eigenvalue weighted by atomic mass is 16.3. The van der Waals surface area contributed by atoms with Gasteiger partial charge in [-0.1, -0.05) is 18.2 Å². The molecule has 3 aromatic heterocycles. The Labute approximate surface area is 212 Å². The number of hydrogen-bond acceptors (Lipinski definition) is 6. The highest BCUT2D eigenvalue weighted by molar-refractivity contribution is 5.98. The number of likely N-dealkylation sites (N-methyl/N-ethyl adjacent to an activating group) is 1. The lowest BCUT2D eigenvalue weighted by Gasteiger charge is -2.34. The third kappa shape index (κ3) is 4.08. The Morgan fingerprint density at radius 3 is 2.89 bits per heavy atom. The van der Waals surface area contributed by atoms with E-state index in [9.17, 15) is 9.59 Å². The van der Waals surface area contributed by atoms with Gasteiger partial charge in [-0.2, -0.15) is 0 Å². The Kier molecular flexibility index (Phi) is 5.60. The molecule has 9 heteroatoms. The lowest BCUT2D eigenvalue weighted by Crippen LogP contribution is -2.52. The van der Waals surface area contributed by atoms with Crippen LogP contribution < -0.4 is 10.6 Å². The third-order valence-corrected chi connectivity index (χ3v) is 6.90. The van der Waals surface area contributed by atoms with Gasteiger partial charge in [0.15, 0.2) is 5.76 Å². The molecule has 0 saturated heterocycles. The van der Waals surface area contributed by atoms with Crippen LogP contribution in [0.15, 0.2) is 65.4 Å². The van der Waals surface area contributed by atoms with E-state index in [-0.39, 0.29) is 24.1 Å². The molecule has 1 atom stereocenters. The number of furan rings is 1. The van der Waals surface area contributed by atoms with Crippen molar-refractivity contribution in [2.75, 3.05) is 12.4 Å². The van der Waals surface area contributed by atoms with Crippen molar-refractivity contribution in [2.45, 2.75) is 32.5 Å². The van der Waals surface area contributed by atoms with E-state index in [0.717, 1.165) is 44.6 Å². The maximum atomic E-state index is 13.7. The number of aromatic amines is 1. The van der Waals surface area contributed by atoms with E-state index in [1.807, 2.05) is 49.4 Å². The molecule has 2 amide bonds. The molecule has 0 fully saturated rings. The standard InChI is InChI=1S/C28H26N6O3/c1-16-13-31-23-11-18(7-8-22(23)32-16)30-14-17-9-10-37-26(17)28(36)34-15-24-20(12-25(34)27(35)29-2)19-5-3-4-6-21(19)33-24/h3-11,13,25,30,33H,12,14-15H2,1-2H3,(H,29,35)/t25-/m1/s1. The second kappa shape index (κ2) is 9.09. The Morgan fingerprint density at radius 2 is 2.03 bits per heavy atom. The number of fused-ring (bicyclic) bond motifs is 4. The van der Waals surface area contributed by atoms with E-state index in [1.165, 1.54) is 6.26 Å². The lowest BCUT2D eigenvalue weighted by atomic mass is 9.95. The Morgan fingerprint density at radius 1 is 1.16 bits per heavy atom. The molecular formula is C28H26N6O3. The molecule has 2 aromatic carbocycles. The van der Waals surface area contributed by atoms with Crippen molar-refractivity contribution in [3.63, 3.8) is 0 Å². The summed E-state index contributed by atoms with van der Waals surface area (Å²) in [7, 11) is 1.59. The minimum Gasteiger partial charge on any atom is -0.459 e. The summed E-state index contributed by atoms with van der Waals surface area (Å²) in [5.74, 6) is -0.306. The van der Waals surface area contributed by atoms with Gasteiger partial charge in [-0.15, -0.1) is 0 Å². The van der Waals surface area contributed by atoms with E-state index in [4.69, 9.17) is 4.42 Å². The molecule has 0 unspecified atom stereocenters. The predicted molar refractivity (Wildman–Crippen MR) is 140 cm³/mol. The number of carbonyl (C=O) groups is 2. The van der Waals surface area contributed by atoms with Gasteiger partial charge in [0.25, 0.3) is 5.91 Å². The largest absolute Gasteiger partial charge is 0.459 e. The Balaban J connectivity index is 1.26. The first-order chi connectivity index (χ1) is 18.0. The summed E-state index contributed by atoms with van der Waals surface area (Å²) >= 11 is 0. The number of nitrogens with one attached hydrogen (secondary N) is 3. The Hall–Kier alpha value is -4.66. The zero-order valence-corrected chi connectivity index (χ0v) is 20.5. The first kappa shape index (κ1) is 22.8. The number of benzene rings is 2. The topological polar surface area (TPSA) is 116 Å². The molecule has 9 nitrogen and oxygen atoms in total. The quantitative estimate of drug-likeness (QED) is 0.341. The van der Waals surface area contributed by atoms with Gasteiger partial charge in [0, 0.05) is 54.1 Å². The van der Waals surface area contributed by atoms with Gasteiger partial charge in [0.2, 0.25) is 5.91 Å². The van der Waals surface area contributed by atoms with Crippen LogP contribution in [0.2, 0.25) is 0 Å². The molecule has 0 radical (unpaired) electrons. The minimum absolute atomic E-state index is 0.206. The fourth-order valence-electron chi connectivity index (χ4n) is 5.03. The number of H-pyrrole nitrogens is 1. The van der Waals surface area contributed by atoms with E-state index >= 15 is 0 Å². The molecule has 186 valence electrons. The fraction of sp³-hybridized carbons (Fsp3) is 0.214. The summed E-state index contributed by atoms with van der Waals surface area (Å²) in [6.07, 6.45) is 3.67. The predicted octanol–water partition coefficient (Wildman–Crippen LogP) is 3.94. The van der Waals surface area contributed by atoms with Gasteiger partial charge in [-0.25, -0.2) is 4.98 Å². The summed E-state index contributed by atoms with van der Waals surface area (Å²) < 4.78 is 5.66. The highest BCUT2D eigenvalue weighted by Gasteiger charge is 2.38. The highest BCUT2D eigenvalue weighted by Crippen LogP contribution is 2.32. The summed E-state index contributed by atoms with van der Waals surface area (Å²) in [5.41, 5.74) is 7.05. The van der Waals surface area contributed by atoms with Crippen LogP contribution in [-0.4, -0.2) is 44.8 Å². The number of carbonyl (C=O) groups excluding carboxylic acids is 2. The normalized spacial score (nSPS) is 15.1. The van der Waals surface area contributed by atoms with Gasteiger partial charge in [-0.3, -0.25) is 14.6 Å². The van der Waals surface area contributed by atoms with Crippen molar-refractivity contribution in [3.05, 3.63) is 89.3 Å². The second-order valence-electron chi connectivity index (χ2n) is 9.24. The lowest BCUT2D eigenvalue weighted by molar-refractivity contribution is -0.125. The summed E-state index contributed by atoms with van der Waals surface area (Å²) in [4.78, 5) is 40.6. The van der Waals surface area contributed by atoms with Crippen LogP contribution in [0.3, 0.4) is 0 Å².